The quantitative estimate of drug-likeness (QED) is 0.857. The number of ether oxygens (including phenoxy) is 1. The van der Waals surface area contributed by atoms with E-state index in [1.54, 1.807) is 11.8 Å². The molecule has 94 valence electrons. The molecule has 2 rings (SSSR count). The van der Waals surface area contributed by atoms with E-state index in [2.05, 4.69) is 5.10 Å². The van der Waals surface area contributed by atoms with Gasteiger partial charge in [0.15, 0.2) is 5.69 Å². The molecule has 0 radical (unpaired) electrons. The summed E-state index contributed by atoms with van der Waals surface area (Å²) < 4.78 is 7.47. The second kappa shape index (κ2) is 4.97. The van der Waals surface area contributed by atoms with Gasteiger partial charge in [-0.15, -0.1) is 0 Å². The van der Waals surface area contributed by atoms with E-state index in [4.69, 9.17) is 9.84 Å². The highest BCUT2D eigenvalue weighted by Crippen LogP contribution is 2.26. The third kappa shape index (κ3) is 2.07. The zero-order valence-corrected chi connectivity index (χ0v) is 12.0. The minimum atomic E-state index is -1.03. The van der Waals surface area contributed by atoms with Crippen molar-refractivity contribution in [3.8, 4) is 11.4 Å². The van der Waals surface area contributed by atoms with Crippen molar-refractivity contribution in [3.63, 3.8) is 0 Å². The molecule has 0 aliphatic carbocycles. The topological polar surface area (TPSA) is 64.4 Å². The van der Waals surface area contributed by atoms with Gasteiger partial charge in [-0.2, -0.15) is 5.10 Å². The molecule has 0 bridgehead atoms. The number of benzene rings is 1. The van der Waals surface area contributed by atoms with Crippen molar-refractivity contribution in [1.29, 1.82) is 0 Å². The predicted molar refractivity (Wildman–Crippen MR) is 74.5 cm³/mol. The number of carboxylic acid groups (broad SMARTS) is 1. The monoisotopic (exact) mass is 358 g/mol. The number of rotatable bonds is 3. The van der Waals surface area contributed by atoms with Crippen molar-refractivity contribution in [2.45, 2.75) is 6.92 Å². The van der Waals surface area contributed by atoms with Crippen molar-refractivity contribution < 1.29 is 14.6 Å². The van der Waals surface area contributed by atoms with Crippen LogP contribution in [0.15, 0.2) is 24.3 Å². The van der Waals surface area contributed by atoms with Crippen molar-refractivity contribution >= 4 is 28.6 Å². The van der Waals surface area contributed by atoms with Crippen LogP contribution in [0.25, 0.3) is 5.69 Å². The van der Waals surface area contributed by atoms with E-state index in [-0.39, 0.29) is 5.69 Å². The lowest BCUT2D eigenvalue weighted by Crippen LogP contribution is -2.03. The minimum absolute atomic E-state index is 0.0546. The van der Waals surface area contributed by atoms with E-state index in [1.807, 2.05) is 53.8 Å². The molecule has 5 nitrogen and oxygen atoms in total. The van der Waals surface area contributed by atoms with Gasteiger partial charge >= 0.3 is 5.97 Å². The highest BCUT2D eigenvalue weighted by molar-refractivity contribution is 14.1. The predicted octanol–water partition coefficient (Wildman–Crippen LogP) is 2.49. The Bertz CT molecular complexity index is 607. The number of aromatic carboxylic acids is 1. The van der Waals surface area contributed by atoms with Crippen LogP contribution in [0.2, 0.25) is 0 Å². The average Bonchev–Trinajstić information content (AvgIpc) is 2.66. The number of nitrogens with zero attached hydrogens (tertiary/aromatic N) is 2. The zero-order valence-electron chi connectivity index (χ0n) is 9.85. The van der Waals surface area contributed by atoms with E-state index >= 15 is 0 Å². The summed E-state index contributed by atoms with van der Waals surface area (Å²) in [6.45, 7) is 1.83. The van der Waals surface area contributed by atoms with Crippen LogP contribution in [0.1, 0.15) is 16.2 Å². The van der Waals surface area contributed by atoms with Crippen LogP contribution < -0.4 is 4.74 Å². The smallest absolute Gasteiger partial charge is 0.357 e. The normalized spacial score (nSPS) is 10.4. The highest BCUT2D eigenvalue weighted by atomic mass is 127. The van der Waals surface area contributed by atoms with Gasteiger partial charge in [0.25, 0.3) is 0 Å². The van der Waals surface area contributed by atoms with Crippen LogP contribution in [0, 0.1) is 10.5 Å². The molecule has 0 saturated carbocycles. The molecule has 18 heavy (non-hydrogen) atoms. The van der Waals surface area contributed by atoms with Gasteiger partial charge in [-0.3, -0.25) is 0 Å². The standard InChI is InChI=1S/C12H11IN2O3/c1-7-10(13)11(12(16)17)14-15(7)8-5-3-4-6-9(8)18-2/h3-6H,1-2H3,(H,16,17). The second-order valence-corrected chi connectivity index (χ2v) is 4.72. The van der Waals surface area contributed by atoms with Crippen molar-refractivity contribution in [2.24, 2.45) is 0 Å². The summed E-state index contributed by atoms with van der Waals surface area (Å²) in [4.78, 5) is 11.1. The first-order valence-corrected chi connectivity index (χ1v) is 6.26. The van der Waals surface area contributed by atoms with Gasteiger partial charge in [-0.25, -0.2) is 9.48 Å². The zero-order chi connectivity index (χ0) is 13.3. The maximum atomic E-state index is 11.1. The molecule has 2 aromatic rings. The van der Waals surface area contributed by atoms with E-state index in [0.717, 1.165) is 11.4 Å². The van der Waals surface area contributed by atoms with Crippen LogP contribution in [0.3, 0.4) is 0 Å². The van der Waals surface area contributed by atoms with Crippen LogP contribution in [-0.2, 0) is 0 Å². The fraction of sp³-hybridized carbons (Fsp3) is 0.167. The number of halogens is 1. The molecule has 0 aliphatic heterocycles. The van der Waals surface area contributed by atoms with Crippen molar-refractivity contribution in [3.05, 3.63) is 39.2 Å². The fourth-order valence-corrected chi connectivity index (χ4v) is 2.23. The molecular weight excluding hydrogens is 347 g/mol. The summed E-state index contributed by atoms with van der Waals surface area (Å²) in [5, 5.41) is 13.2. The molecule has 1 heterocycles. The lowest BCUT2D eigenvalue weighted by molar-refractivity contribution is 0.0689. The first-order chi connectivity index (χ1) is 8.56. The van der Waals surface area contributed by atoms with E-state index < -0.39 is 5.97 Å². The second-order valence-electron chi connectivity index (χ2n) is 3.64. The first kappa shape index (κ1) is 12.9. The lowest BCUT2D eigenvalue weighted by Gasteiger charge is -2.09. The SMILES string of the molecule is COc1ccccc1-n1nc(C(=O)O)c(I)c1C. The van der Waals surface area contributed by atoms with Crippen molar-refractivity contribution in [2.75, 3.05) is 7.11 Å². The molecule has 6 heteroatoms. The largest absolute Gasteiger partial charge is 0.494 e. The summed E-state index contributed by atoms with van der Waals surface area (Å²) in [7, 11) is 1.57. The van der Waals surface area contributed by atoms with Crippen molar-refractivity contribution in [1.82, 2.24) is 9.78 Å². The average molecular weight is 358 g/mol. The van der Waals surface area contributed by atoms with Crippen LogP contribution in [0.4, 0.5) is 0 Å². The van der Waals surface area contributed by atoms with Gasteiger partial charge in [-0.05, 0) is 41.6 Å². The van der Waals surface area contributed by atoms with E-state index in [0.29, 0.717) is 9.32 Å². The fourth-order valence-electron chi connectivity index (χ4n) is 1.66. The number of hydrogen-bond donors (Lipinski definition) is 1. The van der Waals surface area contributed by atoms with Gasteiger partial charge in [0.1, 0.15) is 11.4 Å². The molecular formula is C12H11IN2O3. The molecule has 0 fully saturated rings. The minimum Gasteiger partial charge on any atom is -0.494 e. The molecule has 0 atom stereocenters. The summed E-state index contributed by atoms with van der Waals surface area (Å²) in [5.74, 6) is -0.382. The Labute approximate surface area is 118 Å². The lowest BCUT2D eigenvalue weighted by atomic mass is 10.3. The number of methoxy groups -OCH3 is 1. The van der Waals surface area contributed by atoms with Crippen LogP contribution >= 0.6 is 22.6 Å². The maximum Gasteiger partial charge on any atom is 0.357 e. The van der Waals surface area contributed by atoms with Gasteiger partial charge in [0.05, 0.1) is 16.4 Å². The third-order valence-corrected chi connectivity index (χ3v) is 3.85. The molecule has 0 unspecified atom stereocenters. The Balaban J connectivity index is 2.65. The van der Waals surface area contributed by atoms with Crippen LogP contribution in [0.5, 0.6) is 5.75 Å². The van der Waals surface area contributed by atoms with Gasteiger partial charge in [0.2, 0.25) is 0 Å². The molecule has 1 aromatic heterocycles. The molecule has 1 aromatic carbocycles. The molecule has 0 spiro atoms. The Morgan fingerprint density at radius 2 is 2.11 bits per heavy atom. The maximum absolute atomic E-state index is 11.1. The molecule has 1 N–H and O–H groups in total. The van der Waals surface area contributed by atoms with Gasteiger partial charge < -0.3 is 9.84 Å². The highest BCUT2D eigenvalue weighted by Gasteiger charge is 2.20. The number of hydrogen-bond acceptors (Lipinski definition) is 3. The van der Waals surface area contributed by atoms with E-state index in [1.165, 1.54) is 0 Å². The third-order valence-electron chi connectivity index (χ3n) is 2.56. The molecule has 0 aliphatic rings. The summed E-state index contributed by atoms with van der Waals surface area (Å²) in [6.07, 6.45) is 0. The Morgan fingerprint density at radius 1 is 1.44 bits per heavy atom. The number of carbonyl (C=O) groups is 1. The van der Waals surface area contributed by atoms with Gasteiger partial charge in [0, 0.05) is 0 Å². The number of para-hydroxylation sites is 2. The van der Waals surface area contributed by atoms with Gasteiger partial charge in [-0.1, -0.05) is 12.1 Å². The summed E-state index contributed by atoms with van der Waals surface area (Å²) in [6, 6.07) is 7.35. The molecule has 0 saturated heterocycles. The summed E-state index contributed by atoms with van der Waals surface area (Å²) >= 11 is 1.99. The molecule has 0 amide bonds. The Kier molecular flexibility index (Phi) is 3.55. The van der Waals surface area contributed by atoms with Crippen LogP contribution in [-0.4, -0.2) is 28.0 Å². The first-order valence-electron chi connectivity index (χ1n) is 5.18. The summed E-state index contributed by atoms with van der Waals surface area (Å²) in [5.41, 5.74) is 1.56. The number of aromatic nitrogens is 2. The number of carboxylic acids is 1. The van der Waals surface area contributed by atoms with E-state index in [9.17, 15) is 4.79 Å². The Hall–Kier alpha value is -1.57. The Morgan fingerprint density at radius 3 is 2.67 bits per heavy atom.